The number of amides is 2. The lowest BCUT2D eigenvalue weighted by atomic mass is 10.1. The first kappa shape index (κ1) is 20.8. The topological polar surface area (TPSA) is 47.6 Å². The number of nitrogens with one attached hydrogen (secondary N) is 2. The van der Waals surface area contributed by atoms with E-state index in [9.17, 15) is 13.6 Å². The molecule has 3 rings (SSSR count). The molecular formula is C21H32F2N4O. The Labute approximate surface area is 166 Å². The molecule has 1 atom stereocenters. The van der Waals surface area contributed by atoms with E-state index in [4.69, 9.17) is 0 Å². The van der Waals surface area contributed by atoms with Crippen molar-refractivity contribution in [3.8, 4) is 0 Å². The number of anilines is 1. The van der Waals surface area contributed by atoms with Crippen LogP contribution in [0.2, 0.25) is 0 Å². The first-order valence-electron chi connectivity index (χ1n) is 10.6. The third-order valence-corrected chi connectivity index (χ3v) is 5.74. The molecule has 28 heavy (non-hydrogen) atoms. The number of rotatable bonds is 7. The fourth-order valence-corrected chi connectivity index (χ4v) is 4.08. The smallest absolute Gasteiger partial charge is 0.314 e. The van der Waals surface area contributed by atoms with Crippen LogP contribution in [-0.2, 0) is 0 Å². The fraction of sp³-hybridized carbons (Fsp3) is 0.667. The Balaban J connectivity index is 1.29. The Hall–Kier alpha value is -1.89. The zero-order valence-electron chi connectivity index (χ0n) is 16.6. The molecule has 0 aromatic heterocycles. The molecule has 5 nitrogen and oxygen atoms in total. The van der Waals surface area contributed by atoms with Crippen molar-refractivity contribution in [2.24, 2.45) is 5.92 Å². The average molecular weight is 395 g/mol. The SMILES string of the molecule is O=C(NCCCN1CCCCCC1)NC[C@@H]1CCN(c2ccc(F)c(F)c2)C1. The second-order valence-corrected chi connectivity index (χ2v) is 7.95. The lowest BCUT2D eigenvalue weighted by Gasteiger charge is -2.20. The molecule has 7 heteroatoms. The lowest BCUT2D eigenvalue weighted by Crippen LogP contribution is -2.40. The standard InChI is InChI=1S/C21H32F2N4O/c22-19-7-6-18(14-20(19)23)27-13-8-17(16-27)15-25-21(28)24-9-5-12-26-10-3-1-2-4-11-26/h6-7,14,17H,1-5,8-13,15-16H2,(H2,24,25,28)/t17-/m0/s1. The summed E-state index contributed by atoms with van der Waals surface area (Å²) in [7, 11) is 0. The third-order valence-electron chi connectivity index (χ3n) is 5.74. The molecule has 2 fully saturated rings. The Morgan fingerprint density at radius 1 is 1.04 bits per heavy atom. The molecule has 156 valence electrons. The third kappa shape index (κ3) is 6.33. The molecule has 2 heterocycles. The zero-order valence-corrected chi connectivity index (χ0v) is 16.6. The highest BCUT2D eigenvalue weighted by Gasteiger charge is 2.23. The number of halogens is 2. The summed E-state index contributed by atoms with van der Waals surface area (Å²) in [6.45, 7) is 6.22. The summed E-state index contributed by atoms with van der Waals surface area (Å²) in [4.78, 5) is 16.5. The van der Waals surface area contributed by atoms with Gasteiger partial charge in [-0.15, -0.1) is 0 Å². The van der Waals surface area contributed by atoms with Gasteiger partial charge in [0.05, 0.1) is 0 Å². The van der Waals surface area contributed by atoms with Crippen LogP contribution in [0.1, 0.15) is 38.5 Å². The van der Waals surface area contributed by atoms with Crippen LogP contribution in [0.4, 0.5) is 19.3 Å². The number of hydrogen-bond donors (Lipinski definition) is 2. The summed E-state index contributed by atoms with van der Waals surface area (Å²) in [6.07, 6.45) is 7.15. The van der Waals surface area contributed by atoms with Gasteiger partial charge in [0.1, 0.15) is 0 Å². The first-order valence-corrected chi connectivity index (χ1v) is 10.6. The minimum atomic E-state index is -0.825. The minimum Gasteiger partial charge on any atom is -0.371 e. The molecule has 0 aliphatic carbocycles. The van der Waals surface area contributed by atoms with Crippen LogP contribution in [0.25, 0.3) is 0 Å². The van der Waals surface area contributed by atoms with E-state index in [0.29, 0.717) is 24.7 Å². The van der Waals surface area contributed by atoms with Crippen molar-refractivity contribution in [2.45, 2.75) is 38.5 Å². The highest BCUT2D eigenvalue weighted by Crippen LogP contribution is 2.24. The molecule has 0 radical (unpaired) electrons. The summed E-state index contributed by atoms with van der Waals surface area (Å²) in [6, 6.07) is 3.88. The Bertz CT molecular complexity index is 635. The number of carbonyl (C=O) groups excluding carboxylic acids is 1. The van der Waals surface area contributed by atoms with Crippen molar-refractivity contribution in [1.29, 1.82) is 0 Å². The number of carbonyl (C=O) groups is 1. The first-order chi connectivity index (χ1) is 13.6. The van der Waals surface area contributed by atoms with Crippen molar-refractivity contribution in [3.05, 3.63) is 29.8 Å². The molecule has 0 saturated carbocycles. The monoisotopic (exact) mass is 394 g/mol. The number of benzene rings is 1. The van der Waals surface area contributed by atoms with E-state index in [1.165, 1.54) is 44.8 Å². The summed E-state index contributed by atoms with van der Waals surface area (Å²) < 4.78 is 26.5. The van der Waals surface area contributed by atoms with Gasteiger partial charge in [-0.05, 0) is 63.4 Å². The van der Waals surface area contributed by atoms with Crippen LogP contribution in [0.3, 0.4) is 0 Å². The minimum absolute atomic E-state index is 0.123. The molecular weight excluding hydrogens is 362 g/mol. The number of likely N-dealkylation sites (tertiary alicyclic amines) is 1. The summed E-state index contributed by atoms with van der Waals surface area (Å²) in [5.41, 5.74) is 0.694. The molecule has 0 bridgehead atoms. The molecule has 1 aromatic rings. The number of hydrogen-bond acceptors (Lipinski definition) is 3. The van der Waals surface area contributed by atoms with Gasteiger partial charge in [-0.1, -0.05) is 12.8 Å². The molecule has 2 aliphatic heterocycles. The Morgan fingerprint density at radius 3 is 2.57 bits per heavy atom. The van der Waals surface area contributed by atoms with Crippen molar-refractivity contribution in [3.63, 3.8) is 0 Å². The highest BCUT2D eigenvalue weighted by atomic mass is 19.2. The van der Waals surface area contributed by atoms with E-state index in [1.54, 1.807) is 6.07 Å². The predicted octanol–water partition coefficient (Wildman–Crippen LogP) is 3.36. The van der Waals surface area contributed by atoms with Gasteiger partial charge in [0.15, 0.2) is 11.6 Å². The van der Waals surface area contributed by atoms with Gasteiger partial charge in [-0.3, -0.25) is 0 Å². The molecule has 2 amide bonds. The van der Waals surface area contributed by atoms with E-state index in [1.807, 2.05) is 4.90 Å². The van der Waals surface area contributed by atoms with Crippen LogP contribution in [0.5, 0.6) is 0 Å². The van der Waals surface area contributed by atoms with Crippen LogP contribution >= 0.6 is 0 Å². The highest BCUT2D eigenvalue weighted by molar-refractivity contribution is 5.73. The van der Waals surface area contributed by atoms with Crippen LogP contribution < -0.4 is 15.5 Å². The van der Waals surface area contributed by atoms with Crippen LogP contribution in [0, 0.1) is 17.6 Å². The van der Waals surface area contributed by atoms with Crippen molar-refractivity contribution >= 4 is 11.7 Å². The van der Waals surface area contributed by atoms with Gasteiger partial charge in [0, 0.05) is 37.9 Å². The number of urea groups is 1. The van der Waals surface area contributed by atoms with Gasteiger partial charge in [-0.25, -0.2) is 13.6 Å². The maximum absolute atomic E-state index is 13.4. The van der Waals surface area contributed by atoms with Gasteiger partial charge in [0.2, 0.25) is 0 Å². The van der Waals surface area contributed by atoms with Gasteiger partial charge in [-0.2, -0.15) is 0 Å². The zero-order chi connectivity index (χ0) is 19.8. The maximum Gasteiger partial charge on any atom is 0.314 e. The lowest BCUT2D eigenvalue weighted by molar-refractivity contribution is 0.237. The van der Waals surface area contributed by atoms with E-state index in [0.717, 1.165) is 38.5 Å². The average Bonchev–Trinajstić information content (AvgIpc) is 3.01. The fourth-order valence-electron chi connectivity index (χ4n) is 4.08. The second kappa shape index (κ2) is 10.6. The molecule has 1 aromatic carbocycles. The normalized spacial score (nSPS) is 20.8. The molecule has 0 spiro atoms. The summed E-state index contributed by atoms with van der Waals surface area (Å²) in [5, 5.41) is 5.88. The summed E-state index contributed by atoms with van der Waals surface area (Å²) >= 11 is 0. The largest absolute Gasteiger partial charge is 0.371 e. The molecule has 2 aliphatic rings. The van der Waals surface area contributed by atoms with E-state index < -0.39 is 11.6 Å². The van der Waals surface area contributed by atoms with E-state index >= 15 is 0 Å². The van der Waals surface area contributed by atoms with Gasteiger partial charge in [0.25, 0.3) is 0 Å². The van der Waals surface area contributed by atoms with Crippen molar-refractivity contribution < 1.29 is 13.6 Å². The predicted molar refractivity (Wildman–Crippen MR) is 108 cm³/mol. The van der Waals surface area contributed by atoms with Crippen molar-refractivity contribution in [1.82, 2.24) is 15.5 Å². The Morgan fingerprint density at radius 2 is 1.82 bits per heavy atom. The van der Waals surface area contributed by atoms with Crippen LogP contribution in [0.15, 0.2) is 18.2 Å². The molecule has 0 unspecified atom stereocenters. The van der Waals surface area contributed by atoms with E-state index in [2.05, 4.69) is 15.5 Å². The number of nitrogens with zero attached hydrogens (tertiary/aromatic N) is 2. The molecule has 2 saturated heterocycles. The maximum atomic E-state index is 13.4. The quantitative estimate of drug-likeness (QED) is 0.697. The Kier molecular flexibility index (Phi) is 7.89. The van der Waals surface area contributed by atoms with Crippen molar-refractivity contribution in [2.75, 3.05) is 50.7 Å². The van der Waals surface area contributed by atoms with Crippen LogP contribution in [-0.4, -0.2) is 56.7 Å². The van der Waals surface area contributed by atoms with Gasteiger partial charge >= 0.3 is 6.03 Å². The summed E-state index contributed by atoms with van der Waals surface area (Å²) in [5.74, 6) is -1.33. The molecule has 2 N–H and O–H groups in total. The van der Waals surface area contributed by atoms with Gasteiger partial charge < -0.3 is 20.4 Å². The second-order valence-electron chi connectivity index (χ2n) is 7.95. The van der Waals surface area contributed by atoms with E-state index in [-0.39, 0.29) is 6.03 Å².